The van der Waals surface area contributed by atoms with Gasteiger partial charge in [-0.1, -0.05) is 18.2 Å². The third-order valence-corrected chi connectivity index (χ3v) is 7.60. The Balaban J connectivity index is 1.18. The van der Waals surface area contributed by atoms with Gasteiger partial charge < -0.3 is 19.3 Å². The molecule has 220 valence electrons. The minimum absolute atomic E-state index is 0.0673. The molecule has 0 aliphatic carbocycles. The van der Waals surface area contributed by atoms with E-state index in [-0.39, 0.29) is 5.78 Å². The van der Waals surface area contributed by atoms with Gasteiger partial charge >= 0.3 is 0 Å². The predicted octanol–water partition coefficient (Wildman–Crippen LogP) is 5.50. The van der Waals surface area contributed by atoms with Crippen LogP contribution in [0.3, 0.4) is 0 Å². The molecular weight excluding hydrogens is 535 g/mol. The van der Waals surface area contributed by atoms with Crippen LogP contribution in [-0.4, -0.2) is 78.3 Å². The number of halogens is 1. The summed E-state index contributed by atoms with van der Waals surface area (Å²) in [5, 5.41) is 6.97. The molecule has 5 rings (SSSR count). The highest BCUT2D eigenvalue weighted by Gasteiger charge is 2.24. The van der Waals surface area contributed by atoms with Crippen LogP contribution < -0.4 is 14.4 Å². The van der Waals surface area contributed by atoms with Gasteiger partial charge in [0.1, 0.15) is 18.1 Å². The third kappa shape index (κ3) is 7.30. The van der Waals surface area contributed by atoms with Crippen LogP contribution in [0.4, 0.5) is 10.2 Å². The lowest BCUT2D eigenvalue weighted by atomic mass is 9.90. The zero-order chi connectivity index (χ0) is 29.5. The van der Waals surface area contributed by atoms with Crippen LogP contribution in [0.15, 0.2) is 60.9 Å². The van der Waals surface area contributed by atoms with Gasteiger partial charge in [-0.2, -0.15) is 5.10 Å². The second-order valence-corrected chi connectivity index (χ2v) is 10.9. The third-order valence-electron chi connectivity index (χ3n) is 7.60. The fraction of sp³-hybridized carbons (Fsp3) is 0.375. The number of aromatic nitrogens is 4. The van der Waals surface area contributed by atoms with E-state index in [0.717, 1.165) is 42.6 Å². The Morgan fingerprint density at radius 2 is 1.88 bits per heavy atom. The molecule has 2 aromatic carbocycles. The number of anilines is 1. The van der Waals surface area contributed by atoms with E-state index in [1.54, 1.807) is 31.5 Å². The molecule has 1 aliphatic rings. The summed E-state index contributed by atoms with van der Waals surface area (Å²) in [6, 6.07) is 15.0. The Bertz CT molecular complexity index is 1490. The summed E-state index contributed by atoms with van der Waals surface area (Å²) in [5.41, 5.74) is 3.25. The molecule has 0 radical (unpaired) electrons. The Morgan fingerprint density at radius 1 is 1.10 bits per heavy atom. The topological polar surface area (TPSA) is 96.5 Å². The fourth-order valence-corrected chi connectivity index (χ4v) is 5.15. The number of ketones is 1. The number of hydrogen-bond acceptors (Lipinski definition) is 8. The van der Waals surface area contributed by atoms with E-state index >= 15 is 0 Å². The van der Waals surface area contributed by atoms with Crippen LogP contribution >= 0.6 is 0 Å². The molecule has 1 aliphatic heterocycles. The van der Waals surface area contributed by atoms with Crippen LogP contribution in [0.25, 0.3) is 22.6 Å². The summed E-state index contributed by atoms with van der Waals surface area (Å²) >= 11 is 0. The predicted molar refractivity (Wildman–Crippen MR) is 161 cm³/mol. The zero-order valence-corrected chi connectivity index (χ0v) is 24.3. The molecule has 1 fully saturated rings. The molecule has 10 heteroatoms. The van der Waals surface area contributed by atoms with Gasteiger partial charge in [-0.15, -0.1) is 0 Å². The average Bonchev–Trinajstić information content (AvgIpc) is 3.56. The van der Waals surface area contributed by atoms with Crippen LogP contribution in [0.5, 0.6) is 11.5 Å². The number of H-pyrrole nitrogens is 1. The van der Waals surface area contributed by atoms with Gasteiger partial charge in [-0.05, 0) is 63.5 Å². The number of benzene rings is 2. The quantitative estimate of drug-likeness (QED) is 0.222. The van der Waals surface area contributed by atoms with Crippen molar-refractivity contribution in [1.29, 1.82) is 0 Å². The lowest BCUT2D eigenvalue weighted by molar-refractivity contribution is 0.0970. The first-order valence-corrected chi connectivity index (χ1v) is 14.3. The largest absolute Gasteiger partial charge is 0.497 e. The molecule has 0 amide bonds. The van der Waals surface area contributed by atoms with Gasteiger partial charge in [0.2, 0.25) is 0 Å². The lowest BCUT2D eigenvalue weighted by Crippen LogP contribution is -2.35. The van der Waals surface area contributed by atoms with Gasteiger partial charge in [0.05, 0.1) is 19.0 Å². The van der Waals surface area contributed by atoms with Crippen molar-refractivity contribution in [2.75, 3.05) is 52.3 Å². The molecular formula is C32H37FN6O3. The minimum atomic E-state index is -0.432. The Kier molecular flexibility index (Phi) is 9.43. The van der Waals surface area contributed by atoms with Crippen LogP contribution in [0.1, 0.15) is 36.0 Å². The molecule has 9 nitrogen and oxygen atoms in total. The van der Waals surface area contributed by atoms with Crippen molar-refractivity contribution < 1.29 is 18.7 Å². The second-order valence-electron chi connectivity index (χ2n) is 10.9. The smallest absolute Gasteiger partial charge is 0.183 e. The zero-order valence-electron chi connectivity index (χ0n) is 24.3. The molecule has 3 heterocycles. The van der Waals surface area contributed by atoms with E-state index in [0.29, 0.717) is 60.7 Å². The maximum Gasteiger partial charge on any atom is 0.183 e. The van der Waals surface area contributed by atoms with Crippen molar-refractivity contribution in [3.63, 3.8) is 0 Å². The van der Waals surface area contributed by atoms with Gasteiger partial charge in [-0.25, -0.2) is 14.4 Å². The summed E-state index contributed by atoms with van der Waals surface area (Å²) < 4.78 is 26.1. The standard InChI is InChI=1S/C32H37FN6O3/c1-38(2)15-16-42-27-19-25(18-26(20-27)41-3)30(40)8-7-22-10-13-39(14-11-22)32-28(33)21-34-31(36-32)24-6-4-5-23(17-24)29-9-12-35-37-29/h4-6,9,12,17-22H,7-8,10-11,13-16H2,1-3H3,(H,35,37). The fourth-order valence-electron chi connectivity index (χ4n) is 5.15. The molecule has 1 saturated heterocycles. The minimum Gasteiger partial charge on any atom is -0.497 e. The van der Waals surface area contributed by atoms with E-state index in [4.69, 9.17) is 9.47 Å². The van der Waals surface area contributed by atoms with E-state index in [9.17, 15) is 9.18 Å². The van der Waals surface area contributed by atoms with E-state index in [1.807, 2.05) is 54.2 Å². The van der Waals surface area contributed by atoms with Crippen molar-refractivity contribution >= 4 is 11.6 Å². The van der Waals surface area contributed by atoms with Crippen molar-refractivity contribution in [2.24, 2.45) is 5.92 Å². The lowest BCUT2D eigenvalue weighted by Gasteiger charge is -2.33. The molecule has 1 N–H and O–H groups in total. The number of Topliss-reactive ketones (excluding diaryl/α,β-unsaturated/α-hetero) is 1. The monoisotopic (exact) mass is 572 g/mol. The van der Waals surface area contributed by atoms with Gasteiger partial charge in [0, 0.05) is 55.0 Å². The Hall–Kier alpha value is -4.31. The highest BCUT2D eigenvalue weighted by molar-refractivity contribution is 5.96. The molecule has 0 bridgehead atoms. The van der Waals surface area contributed by atoms with E-state index < -0.39 is 5.82 Å². The molecule has 0 atom stereocenters. The number of carbonyl (C=O) groups is 1. The molecule has 0 saturated carbocycles. The van der Waals surface area contributed by atoms with Crippen LogP contribution in [-0.2, 0) is 0 Å². The van der Waals surface area contributed by atoms with E-state index in [2.05, 4.69) is 20.2 Å². The number of hydrogen-bond donors (Lipinski definition) is 1. The molecule has 4 aromatic rings. The van der Waals surface area contributed by atoms with Crippen molar-refractivity contribution in [2.45, 2.75) is 25.7 Å². The maximum absolute atomic E-state index is 14.9. The van der Waals surface area contributed by atoms with Gasteiger partial charge in [0.25, 0.3) is 0 Å². The molecule has 42 heavy (non-hydrogen) atoms. The summed E-state index contributed by atoms with van der Waals surface area (Å²) in [7, 11) is 5.56. The molecule has 0 unspecified atom stereocenters. The Morgan fingerprint density at radius 3 is 2.62 bits per heavy atom. The van der Waals surface area contributed by atoms with Gasteiger partial charge in [0.15, 0.2) is 23.2 Å². The van der Waals surface area contributed by atoms with E-state index in [1.165, 1.54) is 6.20 Å². The number of nitrogens with zero attached hydrogens (tertiary/aromatic N) is 5. The number of piperidine rings is 1. The summed E-state index contributed by atoms with van der Waals surface area (Å²) in [6.07, 6.45) is 5.88. The van der Waals surface area contributed by atoms with Crippen molar-refractivity contribution in [3.05, 3.63) is 72.3 Å². The van der Waals surface area contributed by atoms with Crippen LogP contribution in [0.2, 0.25) is 0 Å². The number of methoxy groups -OCH3 is 1. The highest BCUT2D eigenvalue weighted by Crippen LogP contribution is 2.30. The first kappa shape index (κ1) is 29.2. The molecule has 2 aromatic heterocycles. The number of carbonyl (C=O) groups excluding carboxylic acids is 1. The average molecular weight is 573 g/mol. The maximum atomic E-state index is 14.9. The van der Waals surface area contributed by atoms with Crippen molar-refractivity contribution in [3.8, 4) is 34.1 Å². The van der Waals surface area contributed by atoms with Crippen molar-refractivity contribution in [1.82, 2.24) is 25.1 Å². The number of nitrogens with one attached hydrogen (secondary N) is 1. The summed E-state index contributed by atoms with van der Waals surface area (Å²) in [6.45, 7) is 2.64. The second kappa shape index (κ2) is 13.6. The highest BCUT2D eigenvalue weighted by atomic mass is 19.1. The normalized spacial score (nSPS) is 13.9. The SMILES string of the molecule is COc1cc(OCCN(C)C)cc(C(=O)CCC2CCN(c3nc(-c4cccc(-c5ccn[nH]5)c4)ncc3F)CC2)c1. The van der Waals surface area contributed by atoms with Crippen LogP contribution in [0, 0.1) is 11.7 Å². The number of ether oxygens (including phenoxy) is 2. The Labute approximate surface area is 245 Å². The summed E-state index contributed by atoms with van der Waals surface area (Å²) in [4.78, 5) is 26.0. The molecule has 0 spiro atoms. The summed E-state index contributed by atoms with van der Waals surface area (Å²) in [5.74, 6) is 2.04. The number of likely N-dealkylation sites (N-methyl/N-ethyl adjacent to an activating group) is 1. The first-order valence-electron chi connectivity index (χ1n) is 14.3. The number of rotatable bonds is 12. The van der Waals surface area contributed by atoms with Gasteiger partial charge in [-0.3, -0.25) is 9.89 Å². The first-order chi connectivity index (χ1) is 20.4. The number of aromatic amines is 1.